The van der Waals surface area contributed by atoms with Crippen LogP contribution in [0.5, 0.6) is 0 Å². The van der Waals surface area contributed by atoms with Crippen molar-refractivity contribution in [1.82, 2.24) is 0 Å². The molecule has 0 aliphatic rings. The molecule has 1 heteroatoms. The van der Waals surface area contributed by atoms with E-state index in [2.05, 4.69) is 0 Å². The summed E-state index contributed by atoms with van der Waals surface area (Å²) in [6, 6.07) is 1.95. The van der Waals surface area contributed by atoms with Crippen molar-refractivity contribution < 1.29 is 4.42 Å². The molecule has 0 aliphatic carbocycles. The van der Waals surface area contributed by atoms with Crippen molar-refractivity contribution in [2.45, 2.75) is 13.8 Å². The minimum Gasteiger partial charge on any atom is -0.464 e. The standard InChI is InChI=1S/C10H12O/c1-3-5-6-10-9(4-2)7-8-11-10/h3-8H,1-2H3/b5-3-,9-4-,10-6+. The highest BCUT2D eigenvalue weighted by atomic mass is 16.3. The Morgan fingerprint density at radius 2 is 2.18 bits per heavy atom. The van der Waals surface area contributed by atoms with Gasteiger partial charge in [-0.15, -0.1) is 0 Å². The lowest BCUT2D eigenvalue weighted by Crippen LogP contribution is -2.17. The fourth-order valence-corrected chi connectivity index (χ4v) is 0.888. The van der Waals surface area contributed by atoms with Gasteiger partial charge in [-0.1, -0.05) is 18.2 Å². The number of furan rings is 1. The van der Waals surface area contributed by atoms with Gasteiger partial charge in [0.1, 0.15) is 5.42 Å². The fraction of sp³-hybridized carbons (Fsp3) is 0.200. The number of allylic oxidation sites excluding steroid dienone is 2. The molecule has 0 unspecified atom stereocenters. The highest BCUT2D eigenvalue weighted by Gasteiger charge is 1.82. The largest absolute Gasteiger partial charge is 0.464 e. The first-order valence-corrected chi connectivity index (χ1v) is 3.71. The lowest BCUT2D eigenvalue weighted by molar-refractivity contribution is 0.531. The molecule has 1 aromatic heterocycles. The average Bonchev–Trinajstić information content (AvgIpc) is 2.47. The zero-order chi connectivity index (χ0) is 8.10. The monoisotopic (exact) mass is 148 g/mol. The predicted molar refractivity (Wildman–Crippen MR) is 47.4 cm³/mol. The van der Waals surface area contributed by atoms with E-state index >= 15 is 0 Å². The minimum atomic E-state index is 0.922. The molecule has 0 amide bonds. The van der Waals surface area contributed by atoms with Crippen LogP contribution in [0.1, 0.15) is 13.8 Å². The van der Waals surface area contributed by atoms with Gasteiger partial charge in [0.25, 0.3) is 0 Å². The van der Waals surface area contributed by atoms with Crippen LogP contribution >= 0.6 is 0 Å². The normalized spacial score (nSPS) is 15.1. The third kappa shape index (κ3) is 1.84. The lowest BCUT2D eigenvalue weighted by Gasteiger charge is -1.74. The highest BCUT2D eigenvalue weighted by Crippen LogP contribution is 1.74. The Hall–Kier alpha value is -1.24. The Labute approximate surface area is 66.3 Å². The highest BCUT2D eigenvalue weighted by molar-refractivity contribution is 5.35. The van der Waals surface area contributed by atoms with E-state index in [4.69, 9.17) is 4.42 Å². The van der Waals surface area contributed by atoms with Crippen molar-refractivity contribution in [2.75, 3.05) is 0 Å². The summed E-state index contributed by atoms with van der Waals surface area (Å²) in [6.45, 7) is 3.98. The summed E-state index contributed by atoms with van der Waals surface area (Å²) in [5.74, 6) is 0. The molecule has 1 nitrogen and oxygen atoms in total. The summed E-state index contributed by atoms with van der Waals surface area (Å²) in [5.41, 5.74) is 0.922. The van der Waals surface area contributed by atoms with Crippen molar-refractivity contribution in [3.8, 4) is 0 Å². The minimum absolute atomic E-state index is 0.922. The van der Waals surface area contributed by atoms with E-state index < -0.39 is 0 Å². The number of hydrogen-bond acceptors (Lipinski definition) is 1. The number of rotatable bonds is 1. The zero-order valence-electron chi connectivity index (χ0n) is 6.87. The first kappa shape index (κ1) is 7.86. The first-order chi connectivity index (χ1) is 5.38. The van der Waals surface area contributed by atoms with Crippen LogP contribution in [-0.4, -0.2) is 0 Å². The molecule has 0 atom stereocenters. The number of hydrogen-bond donors (Lipinski definition) is 0. The quantitative estimate of drug-likeness (QED) is 0.587. The molecule has 58 valence electrons. The Morgan fingerprint density at radius 1 is 1.36 bits per heavy atom. The van der Waals surface area contributed by atoms with Gasteiger partial charge in [-0.2, -0.15) is 0 Å². The molecular weight excluding hydrogens is 136 g/mol. The molecule has 0 saturated heterocycles. The second-order valence-electron chi connectivity index (χ2n) is 2.22. The second-order valence-corrected chi connectivity index (χ2v) is 2.22. The van der Waals surface area contributed by atoms with E-state index in [1.165, 1.54) is 0 Å². The van der Waals surface area contributed by atoms with E-state index in [-0.39, 0.29) is 0 Å². The van der Waals surface area contributed by atoms with Gasteiger partial charge in [-0.05, 0) is 26.0 Å². The zero-order valence-corrected chi connectivity index (χ0v) is 6.87. The molecule has 0 spiro atoms. The molecule has 0 aromatic carbocycles. The molecule has 11 heavy (non-hydrogen) atoms. The molecular formula is C10H12O. The summed E-state index contributed by atoms with van der Waals surface area (Å²) in [4.78, 5) is 0. The van der Waals surface area contributed by atoms with Gasteiger partial charge >= 0.3 is 0 Å². The van der Waals surface area contributed by atoms with Gasteiger partial charge in [0, 0.05) is 5.22 Å². The van der Waals surface area contributed by atoms with Gasteiger partial charge in [0.15, 0.2) is 0 Å². The predicted octanol–water partition coefficient (Wildman–Crippen LogP) is 1.44. The first-order valence-electron chi connectivity index (χ1n) is 3.71. The van der Waals surface area contributed by atoms with Gasteiger partial charge in [0.2, 0.25) is 0 Å². The lowest BCUT2D eigenvalue weighted by atomic mass is 10.3. The van der Waals surface area contributed by atoms with Gasteiger partial charge in [-0.25, -0.2) is 0 Å². The van der Waals surface area contributed by atoms with Crippen molar-refractivity contribution in [3.05, 3.63) is 35.1 Å². The van der Waals surface area contributed by atoms with Gasteiger partial charge in [0.05, 0.1) is 6.26 Å². The third-order valence-electron chi connectivity index (χ3n) is 1.48. The van der Waals surface area contributed by atoms with Gasteiger partial charge < -0.3 is 4.42 Å². The van der Waals surface area contributed by atoms with Crippen molar-refractivity contribution >= 4 is 12.2 Å². The van der Waals surface area contributed by atoms with Crippen LogP contribution in [0.4, 0.5) is 0 Å². The van der Waals surface area contributed by atoms with E-state index in [1.54, 1.807) is 6.26 Å². The summed E-state index contributed by atoms with van der Waals surface area (Å²) >= 11 is 0. The Morgan fingerprint density at radius 3 is 2.82 bits per heavy atom. The van der Waals surface area contributed by atoms with Crippen LogP contribution in [0.3, 0.4) is 0 Å². The summed E-state index contributed by atoms with van der Waals surface area (Å²) in [7, 11) is 0. The maximum atomic E-state index is 5.22. The average molecular weight is 148 g/mol. The van der Waals surface area contributed by atoms with Crippen molar-refractivity contribution in [2.24, 2.45) is 0 Å². The molecule has 0 aliphatic heterocycles. The SMILES string of the molecule is C\C=C/C=c1/occ/c1=C/C. The van der Waals surface area contributed by atoms with E-state index in [0.29, 0.717) is 0 Å². The van der Waals surface area contributed by atoms with Crippen LogP contribution in [0, 0.1) is 0 Å². The Bertz CT molecular complexity index is 341. The molecule has 0 fully saturated rings. The molecule has 0 bridgehead atoms. The smallest absolute Gasteiger partial charge is 0.133 e. The third-order valence-corrected chi connectivity index (χ3v) is 1.48. The summed E-state index contributed by atoms with van der Waals surface area (Å²) < 4.78 is 5.22. The van der Waals surface area contributed by atoms with E-state index in [0.717, 1.165) is 10.6 Å². The Balaban J connectivity index is 3.23. The maximum Gasteiger partial charge on any atom is 0.133 e. The maximum absolute atomic E-state index is 5.22. The second kappa shape index (κ2) is 3.81. The van der Waals surface area contributed by atoms with Crippen molar-refractivity contribution in [3.63, 3.8) is 0 Å². The summed E-state index contributed by atoms with van der Waals surface area (Å²) in [6.07, 6.45) is 9.62. The van der Waals surface area contributed by atoms with E-state index in [9.17, 15) is 0 Å². The summed E-state index contributed by atoms with van der Waals surface area (Å²) in [5, 5.41) is 1.14. The topological polar surface area (TPSA) is 13.1 Å². The Kier molecular flexibility index (Phi) is 2.73. The van der Waals surface area contributed by atoms with Gasteiger partial charge in [-0.3, -0.25) is 0 Å². The van der Waals surface area contributed by atoms with Crippen molar-refractivity contribution in [1.29, 1.82) is 0 Å². The molecule has 1 rings (SSSR count). The molecule has 1 aromatic rings. The molecule has 0 radical (unpaired) electrons. The van der Waals surface area contributed by atoms with E-state index in [1.807, 2.05) is 44.2 Å². The molecule has 0 N–H and O–H groups in total. The van der Waals surface area contributed by atoms with Crippen LogP contribution in [-0.2, 0) is 0 Å². The molecule has 1 heterocycles. The van der Waals surface area contributed by atoms with Crippen LogP contribution in [0.2, 0.25) is 0 Å². The molecule has 0 saturated carbocycles. The fourth-order valence-electron chi connectivity index (χ4n) is 0.888. The van der Waals surface area contributed by atoms with Crippen LogP contribution < -0.4 is 10.6 Å². The van der Waals surface area contributed by atoms with Crippen LogP contribution in [0.25, 0.3) is 12.2 Å². The van der Waals surface area contributed by atoms with Crippen LogP contribution in [0.15, 0.2) is 28.9 Å².